The third-order valence-electron chi connectivity index (χ3n) is 1.42. The molecule has 0 fully saturated rings. The van der Waals surface area contributed by atoms with Crippen LogP contribution in [0.3, 0.4) is 0 Å². The normalized spacial score (nSPS) is 8.42. The molecule has 0 unspecified atom stereocenters. The highest BCUT2D eigenvalue weighted by molar-refractivity contribution is 5.90. The lowest BCUT2D eigenvalue weighted by atomic mass is 10.1. The number of benzene rings is 1. The molecular weight excluding hydrogens is 152 g/mol. The van der Waals surface area contributed by atoms with Gasteiger partial charge in [-0.25, -0.2) is 4.79 Å². The molecule has 1 rings (SSSR count). The van der Waals surface area contributed by atoms with Gasteiger partial charge in [0.2, 0.25) is 0 Å². The highest BCUT2D eigenvalue weighted by Crippen LogP contribution is 2.06. The van der Waals surface area contributed by atoms with Crippen molar-refractivity contribution in [3.8, 4) is 11.8 Å². The van der Waals surface area contributed by atoms with Crippen LogP contribution in [0.1, 0.15) is 22.8 Å². The molecule has 0 aliphatic heterocycles. The molecule has 1 N–H and O–H groups in total. The van der Waals surface area contributed by atoms with Gasteiger partial charge in [0.15, 0.2) is 0 Å². The van der Waals surface area contributed by atoms with Crippen LogP contribution in [0.25, 0.3) is 0 Å². The maximum Gasteiger partial charge on any atom is 0.336 e. The first-order valence-corrected chi connectivity index (χ1v) is 3.51. The lowest BCUT2D eigenvalue weighted by Crippen LogP contribution is -1.98. The number of aromatic carboxylic acids is 1. The van der Waals surface area contributed by atoms with Gasteiger partial charge in [-0.05, 0) is 19.1 Å². The second-order valence-corrected chi connectivity index (χ2v) is 2.23. The third kappa shape index (κ3) is 1.64. The van der Waals surface area contributed by atoms with Crippen molar-refractivity contribution in [2.45, 2.75) is 6.92 Å². The summed E-state index contributed by atoms with van der Waals surface area (Å²) in [6.07, 6.45) is 0. The molecule has 1 aromatic carbocycles. The lowest BCUT2D eigenvalue weighted by Gasteiger charge is -1.96. The van der Waals surface area contributed by atoms with Crippen LogP contribution in [0.15, 0.2) is 24.3 Å². The summed E-state index contributed by atoms with van der Waals surface area (Å²) < 4.78 is 0. The summed E-state index contributed by atoms with van der Waals surface area (Å²) in [5, 5.41) is 8.72. The number of carbonyl (C=O) groups is 1. The monoisotopic (exact) mass is 160 g/mol. The number of hydrogen-bond donors (Lipinski definition) is 1. The molecule has 0 amide bonds. The van der Waals surface area contributed by atoms with Gasteiger partial charge in [-0.3, -0.25) is 0 Å². The van der Waals surface area contributed by atoms with E-state index in [1.165, 1.54) is 0 Å². The minimum atomic E-state index is -0.937. The van der Waals surface area contributed by atoms with Crippen molar-refractivity contribution in [2.24, 2.45) is 0 Å². The molecule has 0 heterocycles. The van der Waals surface area contributed by atoms with Gasteiger partial charge in [0, 0.05) is 5.56 Å². The summed E-state index contributed by atoms with van der Waals surface area (Å²) >= 11 is 0. The van der Waals surface area contributed by atoms with Crippen LogP contribution in [0, 0.1) is 11.8 Å². The molecular formula is C10H8O2. The molecule has 0 spiro atoms. The molecule has 0 aromatic heterocycles. The third-order valence-corrected chi connectivity index (χ3v) is 1.42. The minimum absolute atomic E-state index is 0.256. The second kappa shape index (κ2) is 3.59. The van der Waals surface area contributed by atoms with E-state index in [1.54, 1.807) is 31.2 Å². The average Bonchev–Trinajstić information content (AvgIpc) is 2.05. The summed E-state index contributed by atoms with van der Waals surface area (Å²) in [7, 11) is 0. The maximum atomic E-state index is 10.6. The van der Waals surface area contributed by atoms with Gasteiger partial charge < -0.3 is 5.11 Å². The topological polar surface area (TPSA) is 37.3 Å². The molecule has 2 heteroatoms. The molecule has 2 nitrogen and oxygen atoms in total. The Balaban J connectivity index is 3.23. The van der Waals surface area contributed by atoms with Crippen LogP contribution < -0.4 is 0 Å². The largest absolute Gasteiger partial charge is 0.478 e. The predicted octanol–water partition coefficient (Wildman–Crippen LogP) is 1.76. The van der Waals surface area contributed by atoms with E-state index in [2.05, 4.69) is 11.8 Å². The van der Waals surface area contributed by atoms with Crippen molar-refractivity contribution in [1.82, 2.24) is 0 Å². The van der Waals surface area contributed by atoms with E-state index in [0.717, 1.165) is 0 Å². The van der Waals surface area contributed by atoms with E-state index in [-0.39, 0.29) is 5.56 Å². The Kier molecular flexibility index (Phi) is 2.49. The van der Waals surface area contributed by atoms with Gasteiger partial charge in [-0.1, -0.05) is 18.1 Å². The Bertz CT molecular complexity index is 356. The first kappa shape index (κ1) is 8.35. The molecule has 0 aliphatic carbocycles. The van der Waals surface area contributed by atoms with Crippen molar-refractivity contribution < 1.29 is 9.90 Å². The molecule has 12 heavy (non-hydrogen) atoms. The fourth-order valence-corrected chi connectivity index (χ4v) is 0.913. The van der Waals surface area contributed by atoms with Crippen molar-refractivity contribution >= 4 is 5.97 Å². The highest BCUT2D eigenvalue weighted by atomic mass is 16.4. The zero-order valence-corrected chi connectivity index (χ0v) is 6.66. The van der Waals surface area contributed by atoms with Crippen LogP contribution in [0.4, 0.5) is 0 Å². The summed E-state index contributed by atoms with van der Waals surface area (Å²) in [6, 6.07) is 6.69. The van der Waals surface area contributed by atoms with Crippen molar-refractivity contribution in [2.75, 3.05) is 0 Å². The van der Waals surface area contributed by atoms with E-state index >= 15 is 0 Å². The lowest BCUT2D eigenvalue weighted by molar-refractivity contribution is 0.0696. The summed E-state index contributed by atoms with van der Waals surface area (Å²) in [6.45, 7) is 1.68. The van der Waals surface area contributed by atoms with Gasteiger partial charge >= 0.3 is 5.97 Å². The smallest absolute Gasteiger partial charge is 0.336 e. The number of hydrogen-bond acceptors (Lipinski definition) is 1. The van der Waals surface area contributed by atoms with Gasteiger partial charge in [-0.15, -0.1) is 5.92 Å². The maximum absolute atomic E-state index is 10.6. The fraction of sp³-hybridized carbons (Fsp3) is 0.100. The quantitative estimate of drug-likeness (QED) is 0.635. The second-order valence-electron chi connectivity index (χ2n) is 2.23. The number of carboxylic acid groups (broad SMARTS) is 1. The van der Waals surface area contributed by atoms with Crippen molar-refractivity contribution in [3.05, 3.63) is 35.4 Å². The zero-order chi connectivity index (χ0) is 8.97. The van der Waals surface area contributed by atoms with Gasteiger partial charge in [-0.2, -0.15) is 0 Å². The Morgan fingerprint density at radius 2 is 2.08 bits per heavy atom. The van der Waals surface area contributed by atoms with Crippen molar-refractivity contribution in [1.29, 1.82) is 0 Å². The van der Waals surface area contributed by atoms with Crippen LogP contribution in [0.5, 0.6) is 0 Å². The molecule has 0 bridgehead atoms. The summed E-state index contributed by atoms with van der Waals surface area (Å²) in [4.78, 5) is 10.6. The Labute approximate surface area is 70.8 Å². The minimum Gasteiger partial charge on any atom is -0.478 e. The van der Waals surface area contributed by atoms with E-state index in [4.69, 9.17) is 5.11 Å². The molecule has 0 saturated carbocycles. The van der Waals surface area contributed by atoms with E-state index in [0.29, 0.717) is 5.56 Å². The van der Waals surface area contributed by atoms with Gasteiger partial charge in [0.05, 0.1) is 5.56 Å². The fourth-order valence-electron chi connectivity index (χ4n) is 0.913. The Morgan fingerprint density at radius 3 is 2.67 bits per heavy atom. The van der Waals surface area contributed by atoms with Gasteiger partial charge in [0.1, 0.15) is 0 Å². The summed E-state index contributed by atoms with van der Waals surface area (Å²) in [5.74, 6) is 4.46. The van der Waals surface area contributed by atoms with E-state index < -0.39 is 5.97 Å². The SMILES string of the molecule is CC#Cc1ccccc1C(=O)O. The Morgan fingerprint density at radius 1 is 1.42 bits per heavy atom. The molecule has 0 atom stereocenters. The summed E-state index contributed by atoms with van der Waals surface area (Å²) in [5.41, 5.74) is 0.819. The molecule has 60 valence electrons. The zero-order valence-electron chi connectivity index (χ0n) is 6.66. The number of carboxylic acids is 1. The molecule has 0 radical (unpaired) electrons. The van der Waals surface area contributed by atoms with Crippen LogP contribution in [-0.2, 0) is 0 Å². The van der Waals surface area contributed by atoms with Gasteiger partial charge in [0.25, 0.3) is 0 Å². The predicted molar refractivity (Wildman–Crippen MR) is 46.0 cm³/mol. The van der Waals surface area contributed by atoms with Crippen LogP contribution in [-0.4, -0.2) is 11.1 Å². The van der Waals surface area contributed by atoms with E-state index in [1.807, 2.05) is 0 Å². The van der Waals surface area contributed by atoms with Crippen LogP contribution in [0.2, 0.25) is 0 Å². The molecule has 1 aromatic rings. The first-order chi connectivity index (χ1) is 5.75. The first-order valence-electron chi connectivity index (χ1n) is 3.51. The number of rotatable bonds is 1. The van der Waals surface area contributed by atoms with Crippen LogP contribution >= 0.6 is 0 Å². The van der Waals surface area contributed by atoms with Crippen molar-refractivity contribution in [3.63, 3.8) is 0 Å². The average molecular weight is 160 g/mol. The Hall–Kier alpha value is -1.75. The molecule has 0 saturated heterocycles. The molecule has 0 aliphatic rings. The highest BCUT2D eigenvalue weighted by Gasteiger charge is 2.05. The standard InChI is InChI=1S/C10H8O2/c1-2-5-8-6-3-4-7-9(8)10(11)12/h3-4,6-7H,1H3,(H,11,12). The van der Waals surface area contributed by atoms with E-state index in [9.17, 15) is 4.79 Å².